The van der Waals surface area contributed by atoms with Crippen molar-refractivity contribution in [1.29, 1.82) is 0 Å². The molecule has 0 aliphatic carbocycles. The van der Waals surface area contributed by atoms with Crippen molar-refractivity contribution >= 4 is 29.1 Å². The number of imidazole rings is 1. The zero-order chi connectivity index (χ0) is 13.1. The van der Waals surface area contributed by atoms with Gasteiger partial charge in [-0.15, -0.1) is 0 Å². The summed E-state index contributed by atoms with van der Waals surface area (Å²) in [6.45, 7) is 0.0328. The lowest BCUT2D eigenvalue weighted by Crippen LogP contribution is -2.24. The van der Waals surface area contributed by atoms with Gasteiger partial charge in [-0.3, -0.25) is 4.79 Å². The third kappa shape index (κ3) is 2.80. The van der Waals surface area contributed by atoms with Gasteiger partial charge in [0.1, 0.15) is 11.0 Å². The summed E-state index contributed by atoms with van der Waals surface area (Å²) in [5.74, 6) is -0.952. The lowest BCUT2D eigenvalue weighted by atomic mass is 10.2. The van der Waals surface area contributed by atoms with Gasteiger partial charge in [0.25, 0.3) is 5.91 Å². The van der Waals surface area contributed by atoms with Crippen LogP contribution in [0, 0.1) is 5.82 Å². The monoisotopic (exact) mass is 287 g/mol. The van der Waals surface area contributed by atoms with E-state index in [1.165, 1.54) is 18.5 Å². The molecule has 0 spiro atoms. The maximum atomic E-state index is 13.4. The van der Waals surface area contributed by atoms with E-state index in [0.29, 0.717) is 10.6 Å². The number of aromatic amines is 1. The molecule has 18 heavy (non-hydrogen) atoms. The van der Waals surface area contributed by atoms with Gasteiger partial charge in [-0.2, -0.15) is 0 Å². The number of halogens is 3. The van der Waals surface area contributed by atoms with E-state index in [1.807, 2.05) is 0 Å². The van der Waals surface area contributed by atoms with Gasteiger partial charge in [0.2, 0.25) is 0 Å². The van der Waals surface area contributed by atoms with Crippen LogP contribution < -0.4 is 5.32 Å². The Bertz CT molecular complexity index is 585. The Labute approximate surface area is 112 Å². The second-order valence-electron chi connectivity index (χ2n) is 3.48. The van der Waals surface area contributed by atoms with Gasteiger partial charge < -0.3 is 10.3 Å². The predicted molar refractivity (Wildman–Crippen MR) is 66.2 cm³/mol. The Morgan fingerprint density at radius 3 is 2.83 bits per heavy atom. The van der Waals surface area contributed by atoms with Crippen LogP contribution in [0.15, 0.2) is 24.5 Å². The van der Waals surface area contributed by atoms with Crippen LogP contribution >= 0.6 is 23.2 Å². The Morgan fingerprint density at radius 2 is 2.22 bits per heavy atom. The topological polar surface area (TPSA) is 57.8 Å². The highest BCUT2D eigenvalue weighted by molar-refractivity contribution is 6.32. The van der Waals surface area contributed by atoms with Gasteiger partial charge in [-0.1, -0.05) is 29.3 Å². The second-order valence-corrected chi connectivity index (χ2v) is 4.30. The fourth-order valence-electron chi connectivity index (χ4n) is 1.36. The average molecular weight is 288 g/mol. The highest BCUT2D eigenvalue weighted by Gasteiger charge is 2.13. The highest BCUT2D eigenvalue weighted by atomic mass is 35.5. The molecular weight excluding hydrogens is 280 g/mol. The SMILES string of the molecule is O=C(NCc1ccc(Cl)cc1F)c1nc[nH]c1Cl. The van der Waals surface area contributed by atoms with Crippen LogP contribution in [0.4, 0.5) is 4.39 Å². The summed E-state index contributed by atoms with van der Waals surface area (Å²) in [6.07, 6.45) is 1.31. The number of carbonyl (C=O) groups excluding carboxylic acids is 1. The largest absolute Gasteiger partial charge is 0.346 e. The van der Waals surface area contributed by atoms with Gasteiger partial charge in [0, 0.05) is 17.1 Å². The quantitative estimate of drug-likeness (QED) is 0.912. The molecule has 1 aromatic carbocycles. The zero-order valence-electron chi connectivity index (χ0n) is 9.01. The van der Waals surface area contributed by atoms with Gasteiger partial charge >= 0.3 is 0 Å². The van der Waals surface area contributed by atoms with Crippen molar-refractivity contribution in [2.24, 2.45) is 0 Å². The molecule has 7 heteroatoms. The van der Waals surface area contributed by atoms with Crippen LogP contribution in [0.5, 0.6) is 0 Å². The summed E-state index contributed by atoms with van der Waals surface area (Å²) in [5, 5.41) is 2.96. The van der Waals surface area contributed by atoms with Crippen LogP contribution in [0.2, 0.25) is 10.2 Å². The summed E-state index contributed by atoms with van der Waals surface area (Å²) >= 11 is 11.3. The third-order valence-corrected chi connectivity index (χ3v) is 2.79. The number of amides is 1. The Morgan fingerprint density at radius 1 is 1.44 bits per heavy atom. The molecule has 2 rings (SSSR count). The predicted octanol–water partition coefficient (Wildman–Crippen LogP) is 2.79. The second kappa shape index (κ2) is 5.37. The molecule has 0 aliphatic rings. The minimum atomic E-state index is -0.476. The lowest BCUT2D eigenvalue weighted by Gasteiger charge is -2.05. The van der Waals surface area contributed by atoms with Gasteiger partial charge in [-0.05, 0) is 12.1 Å². The molecule has 0 bridgehead atoms. The van der Waals surface area contributed by atoms with E-state index in [4.69, 9.17) is 23.2 Å². The van der Waals surface area contributed by atoms with Crippen LogP contribution in [0.25, 0.3) is 0 Å². The van der Waals surface area contributed by atoms with Crippen molar-refractivity contribution in [1.82, 2.24) is 15.3 Å². The number of hydrogen-bond acceptors (Lipinski definition) is 2. The first-order valence-corrected chi connectivity index (χ1v) is 5.74. The number of rotatable bonds is 3. The number of nitrogens with one attached hydrogen (secondary N) is 2. The van der Waals surface area contributed by atoms with Gasteiger partial charge in [0.15, 0.2) is 5.69 Å². The molecule has 0 radical (unpaired) electrons. The minimum absolute atomic E-state index is 0.0328. The van der Waals surface area contributed by atoms with Gasteiger partial charge in [-0.25, -0.2) is 9.37 Å². The summed E-state index contributed by atoms with van der Waals surface area (Å²) in [5.41, 5.74) is 0.408. The third-order valence-electron chi connectivity index (χ3n) is 2.26. The van der Waals surface area contributed by atoms with Crippen molar-refractivity contribution < 1.29 is 9.18 Å². The molecule has 0 saturated heterocycles. The number of aromatic nitrogens is 2. The number of H-pyrrole nitrogens is 1. The highest BCUT2D eigenvalue weighted by Crippen LogP contribution is 2.15. The maximum Gasteiger partial charge on any atom is 0.273 e. The molecule has 1 amide bonds. The first-order chi connectivity index (χ1) is 8.58. The van der Waals surface area contributed by atoms with Crippen molar-refractivity contribution in [3.63, 3.8) is 0 Å². The first-order valence-electron chi connectivity index (χ1n) is 4.99. The fraction of sp³-hybridized carbons (Fsp3) is 0.0909. The molecule has 0 atom stereocenters. The van der Waals surface area contributed by atoms with Crippen LogP contribution in [0.1, 0.15) is 16.1 Å². The summed E-state index contributed by atoms with van der Waals surface area (Å²) in [7, 11) is 0. The van der Waals surface area contributed by atoms with Crippen molar-refractivity contribution in [3.05, 3.63) is 51.8 Å². The molecule has 1 heterocycles. The minimum Gasteiger partial charge on any atom is -0.346 e. The number of benzene rings is 1. The van der Waals surface area contributed by atoms with Crippen LogP contribution in [-0.4, -0.2) is 15.9 Å². The van der Waals surface area contributed by atoms with E-state index < -0.39 is 11.7 Å². The smallest absolute Gasteiger partial charge is 0.273 e. The fourth-order valence-corrected chi connectivity index (χ4v) is 1.70. The molecule has 4 nitrogen and oxygen atoms in total. The molecule has 0 aliphatic heterocycles. The van der Waals surface area contributed by atoms with Crippen molar-refractivity contribution in [2.45, 2.75) is 6.54 Å². The molecule has 1 aromatic heterocycles. The number of hydrogen-bond donors (Lipinski definition) is 2. The van der Waals surface area contributed by atoms with E-state index in [-0.39, 0.29) is 17.4 Å². The van der Waals surface area contributed by atoms with Crippen LogP contribution in [-0.2, 0) is 6.54 Å². The number of carbonyl (C=O) groups is 1. The first kappa shape index (κ1) is 12.9. The van der Waals surface area contributed by atoms with Crippen LogP contribution in [0.3, 0.4) is 0 Å². The standard InChI is InChI=1S/C11H8Cl2FN3O/c12-7-2-1-6(8(14)3-7)4-15-11(18)9-10(13)17-5-16-9/h1-3,5H,4H2,(H,15,18)(H,16,17). The van der Waals surface area contributed by atoms with E-state index >= 15 is 0 Å². The molecule has 94 valence electrons. The Balaban J connectivity index is 2.04. The summed E-state index contributed by atoms with van der Waals surface area (Å²) in [4.78, 5) is 18.0. The molecular formula is C11H8Cl2FN3O. The van der Waals surface area contributed by atoms with Gasteiger partial charge in [0.05, 0.1) is 6.33 Å². The van der Waals surface area contributed by atoms with E-state index in [9.17, 15) is 9.18 Å². The van der Waals surface area contributed by atoms with Crippen molar-refractivity contribution in [2.75, 3.05) is 0 Å². The maximum absolute atomic E-state index is 13.4. The average Bonchev–Trinajstić information content (AvgIpc) is 2.74. The summed E-state index contributed by atoms with van der Waals surface area (Å²) < 4.78 is 13.4. The number of nitrogens with zero attached hydrogens (tertiary/aromatic N) is 1. The van der Waals surface area contributed by atoms with E-state index in [2.05, 4.69) is 15.3 Å². The molecule has 0 fully saturated rings. The molecule has 2 N–H and O–H groups in total. The normalized spacial score (nSPS) is 10.4. The Hall–Kier alpha value is -1.59. The molecule has 0 unspecified atom stereocenters. The lowest BCUT2D eigenvalue weighted by molar-refractivity contribution is 0.0946. The van der Waals surface area contributed by atoms with Crippen molar-refractivity contribution in [3.8, 4) is 0 Å². The molecule has 0 saturated carbocycles. The van der Waals surface area contributed by atoms with E-state index in [1.54, 1.807) is 6.07 Å². The molecule has 2 aromatic rings. The summed E-state index contributed by atoms with van der Waals surface area (Å²) in [6, 6.07) is 4.24. The zero-order valence-corrected chi connectivity index (χ0v) is 10.5. The van der Waals surface area contributed by atoms with E-state index in [0.717, 1.165) is 0 Å². The Kier molecular flexibility index (Phi) is 3.84.